The van der Waals surface area contributed by atoms with Crippen molar-refractivity contribution in [2.75, 3.05) is 37.7 Å². The second-order valence-electron chi connectivity index (χ2n) is 4.64. The predicted octanol–water partition coefficient (Wildman–Crippen LogP) is 2.06. The number of nitrogens with one attached hydrogen (secondary N) is 1. The van der Waals surface area contributed by atoms with Crippen LogP contribution in [0.3, 0.4) is 0 Å². The second-order valence-corrected chi connectivity index (χ2v) is 6.04. The fourth-order valence-corrected chi connectivity index (χ4v) is 2.67. The minimum Gasteiger partial charge on any atom is -0.316 e. The van der Waals surface area contributed by atoms with Crippen LogP contribution in [0, 0.1) is 5.92 Å². The first-order chi connectivity index (χ1) is 7.24. The second kappa shape index (κ2) is 7.53. The fraction of sp³-hybridized carbons (Fsp3) is 1.00. The normalized spacial score (nSPS) is 22.8. The van der Waals surface area contributed by atoms with Crippen molar-refractivity contribution < 1.29 is 0 Å². The van der Waals surface area contributed by atoms with Crippen molar-refractivity contribution in [2.45, 2.75) is 33.2 Å². The monoisotopic (exact) mass is 230 g/mol. The lowest BCUT2D eigenvalue weighted by molar-refractivity contribution is 0.264. The van der Waals surface area contributed by atoms with Gasteiger partial charge in [-0.1, -0.05) is 6.92 Å². The summed E-state index contributed by atoms with van der Waals surface area (Å²) in [6.45, 7) is 11.8. The number of rotatable bonds is 7. The maximum atomic E-state index is 3.57. The molecule has 0 aromatic carbocycles. The third-order valence-corrected chi connectivity index (χ3v) is 4.01. The Morgan fingerprint density at radius 2 is 2.27 bits per heavy atom. The summed E-state index contributed by atoms with van der Waals surface area (Å²) < 4.78 is 0. The van der Waals surface area contributed by atoms with Gasteiger partial charge in [0.2, 0.25) is 0 Å². The standard InChI is InChI=1S/C12H26N2S/c1-4-15-8-6-13-9-12-5-7-14(10-12)11(2)3/h11-13H,4-10H2,1-3H3. The molecule has 1 saturated heterocycles. The zero-order chi connectivity index (χ0) is 11.1. The molecule has 1 fully saturated rings. The molecular formula is C12H26N2S. The maximum Gasteiger partial charge on any atom is 0.00580 e. The molecule has 0 aromatic heterocycles. The van der Waals surface area contributed by atoms with Gasteiger partial charge in [0.25, 0.3) is 0 Å². The molecule has 0 aromatic rings. The van der Waals surface area contributed by atoms with Gasteiger partial charge in [-0.3, -0.25) is 0 Å². The largest absolute Gasteiger partial charge is 0.316 e. The number of hydrogen-bond acceptors (Lipinski definition) is 3. The zero-order valence-corrected chi connectivity index (χ0v) is 11.3. The summed E-state index contributed by atoms with van der Waals surface area (Å²) in [4.78, 5) is 2.59. The van der Waals surface area contributed by atoms with E-state index in [9.17, 15) is 0 Å². The number of nitrogens with zero attached hydrogens (tertiary/aromatic N) is 1. The molecule has 1 aliphatic heterocycles. The Bertz CT molecular complexity index is 162. The van der Waals surface area contributed by atoms with Crippen molar-refractivity contribution in [1.82, 2.24) is 10.2 Å². The Morgan fingerprint density at radius 1 is 1.47 bits per heavy atom. The van der Waals surface area contributed by atoms with Crippen LogP contribution in [-0.2, 0) is 0 Å². The van der Waals surface area contributed by atoms with E-state index in [1.165, 1.54) is 44.1 Å². The van der Waals surface area contributed by atoms with E-state index in [0.717, 1.165) is 12.0 Å². The zero-order valence-electron chi connectivity index (χ0n) is 10.5. The molecule has 0 spiro atoms. The molecule has 15 heavy (non-hydrogen) atoms. The van der Waals surface area contributed by atoms with Gasteiger partial charge in [0.05, 0.1) is 0 Å². The Morgan fingerprint density at radius 3 is 2.87 bits per heavy atom. The van der Waals surface area contributed by atoms with Crippen LogP contribution in [-0.4, -0.2) is 48.6 Å². The van der Waals surface area contributed by atoms with Crippen LogP contribution >= 0.6 is 11.8 Å². The first-order valence-corrected chi connectivity index (χ1v) is 7.42. The summed E-state index contributed by atoms with van der Waals surface area (Å²) in [6, 6.07) is 0.727. The van der Waals surface area contributed by atoms with E-state index >= 15 is 0 Å². The van der Waals surface area contributed by atoms with Crippen LogP contribution in [0.1, 0.15) is 27.2 Å². The molecule has 3 heteroatoms. The van der Waals surface area contributed by atoms with Gasteiger partial charge in [-0.2, -0.15) is 11.8 Å². The Hall–Kier alpha value is 0.270. The van der Waals surface area contributed by atoms with Gasteiger partial charge in [-0.25, -0.2) is 0 Å². The summed E-state index contributed by atoms with van der Waals surface area (Å²) >= 11 is 2.02. The van der Waals surface area contributed by atoms with Crippen molar-refractivity contribution in [3.05, 3.63) is 0 Å². The van der Waals surface area contributed by atoms with E-state index in [4.69, 9.17) is 0 Å². The predicted molar refractivity (Wildman–Crippen MR) is 70.7 cm³/mol. The summed E-state index contributed by atoms with van der Waals surface area (Å²) in [7, 11) is 0. The number of thioether (sulfide) groups is 1. The molecule has 1 rings (SSSR count). The number of hydrogen-bond donors (Lipinski definition) is 1. The van der Waals surface area contributed by atoms with Crippen LogP contribution in [0.25, 0.3) is 0 Å². The van der Waals surface area contributed by atoms with Crippen molar-refractivity contribution in [1.29, 1.82) is 0 Å². The molecule has 1 heterocycles. The molecule has 1 aliphatic rings. The minimum absolute atomic E-state index is 0.727. The van der Waals surface area contributed by atoms with Gasteiger partial charge >= 0.3 is 0 Å². The lowest BCUT2D eigenvalue weighted by atomic mass is 10.1. The molecular weight excluding hydrogens is 204 g/mol. The SMILES string of the molecule is CCSCCNCC1CCN(C(C)C)C1. The van der Waals surface area contributed by atoms with Gasteiger partial charge in [0.15, 0.2) is 0 Å². The van der Waals surface area contributed by atoms with Crippen LogP contribution in [0.5, 0.6) is 0 Å². The highest BCUT2D eigenvalue weighted by Crippen LogP contribution is 2.17. The molecule has 0 saturated carbocycles. The average Bonchev–Trinajstić information content (AvgIpc) is 2.66. The first-order valence-electron chi connectivity index (χ1n) is 6.26. The minimum atomic E-state index is 0.727. The van der Waals surface area contributed by atoms with Crippen molar-refractivity contribution in [3.63, 3.8) is 0 Å². The van der Waals surface area contributed by atoms with E-state index in [0.29, 0.717) is 0 Å². The van der Waals surface area contributed by atoms with Gasteiger partial charge < -0.3 is 10.2 Å². The van der Waals surface area contributed by atoms with Crippen LogP contribution in [0.4, 0.5) is 0 Å². The first kappa shape index (κ1) is 13.3. The summed E-state index contributed by atoms with van der Waals surface area (Å²) in [6.07, 6.45) is 1.38. The van der Waals surface area contributed by atoms with Crippen LogP contribution < -0.4 is 5.32 Å². The van der Waals surface area contributed by atoms with E-state index in [1.807, 2.05) is 11.8 Å². The third-order valence-electron chi connectivity index (χ3n) is 3.11. The molecule has 0 radical (unpaired) electrons. The third kappa shape index (κ3) is 5.23. The molecule has 0 bridgehead atoms. The summed E-state index contributed by atoms with van der Waals surface area (Å²) in [5.74, 6) is 3.39. The van der Waals surface area contributed by atoms with Crippen LogP contribution in [0.2, 0.25) is 0 Å². The van der Waals surface area contributed by atoms with Gasteiger partial charge in [-0.15, -0.1) is 0 Å². The molecule has 1 unspecified atom stereocenters. The summed E-state index contributed by atoms with van der Waals surface area (Å²) in [5, 5.41) is 3.57. The van der Waals surface area contributed by atoms with Gasteiger partial charge in [-0.05, 0) is 45.0 Å². The van der Waals surface area contributed by atoms with Crippen molar-refractivity contribution >= 4 is 11.8 Å². The van der Waals surface area contributed by atoms with Gasteiger partial charge in [0, 0.05) is 24.9 Å². The van der Waals surface area contributed by atoms with E-state index < -0.39 is 0 Å². The van der Waals surface area contributed by atoms with E-state index in [-0.39, 0.29) is 0 Å². The highest BCUT2D eigenvalue weighted by atomic mass is 32.2. The Balaban J connectivity index is 1.99. The van der Waals surface area contributed by atoms with E-state index in [2.05, 4.69) is 31.0 Å². The summed E-state index contributed by atoms with van der Waals surface area (Å²) in [5.41, 5.74) is 0. The molecule has 90 valence electrons. The lowest BCUT2D eigenvalue weighted by Gasteiger charge is -2.20. The fourth-order valence-electron chi connectivity index (χ4n) is 2.09. The quantitative estimate of drug-likeness (QED) is 0.674. The topological polar surface area (TPSA) is 15.3 Å². The molecule has 2 nitrogen and oxygen atoms in total. The highest BCUT2D eigenvalue weighted by Gasteiger charge is 2.23. The molecule has 1 N–H and O–H groups in total. The highest BCUT2D eigenvalue weighted by molar-refractivity contribution is 7.99. The van der Waals surface area contributed by atoms with Crippen LogP contribution in [0.15, 0.2) is 0 Å². The Kier molecular flexibility index (Phi) is 6.69. The lowest BCUT2D eigenvalue weighted by Crippen LogP contribution is -2.31. The molecule has 0 aliphatic carbocycles. The van der Waals surface area contributed by atoms with E-state index in [1.54, 1.807) is 0 Å². The smallest absolute Gasteiger partial charge is 0.00580 e. The molecule has 0 amide bonds. The maximum absolute atomic E-state index is 3.57. The van der Waals surface area contributed by atoms with Gasteiger partial charge in [0.1, 0.15) is 0 Å². The van der Waals surface area contributed by atoms with Crippen molar-refractivity contribution in [2.24, 2.45) is 5.92 Å². The Labute approximate surface area is 99.2 Å². The number of likely N-dealkylation sites (tertiary alicyclic amines) is 1. The van der Waals surface area contributed by atoms with Crippen molar-refractivity contribution in [3.8, 4) is 0 Å². The average molecular weight is 230 g/mol. The molecule has 1 atom stereocenters.